The fourth-order valence-corrected chi connectivity index (χ4v) is 5.40. The molecular formula is C39H51N. The Morgan fingerprint density at radius 1 is 0.925 bits per heavy atom. The van der Waals surface area contributed by atoms with E-state index in [0.717, 1.165) is 23.5 Å². The predicted molar refractivity (Wildman–Crippen MR) is 178 cm³/mol. The van der Waals surface area contributed by atoms with Crippen LogP contribution in [-0.2, 0) is 0 Å². The van der Waals surface area contributed by atoms with Gasteiger partial charge in [-0.25, -0.2) is 0 Å². The lowest BCUT2D eigenvalue weighted by Crippen LogP contribution is -2.03. The summed E-state index contributed by atoms with van der Waals surface area (Å²) < 4.78 is 0. The zero-order valence-corrected chi connectivity index (χ0v) is 25.9. The third-order valence-electron chi connectivity index (χ3n) is 7.87. The maximum absolute atomic E-state index is 9.74. The molecule has 1 unspecified atom stereocenters. The summed E-state index contributed by atoms with van der Waals surface area (Å²) in [5.41, 5.74) is 5.30. The van der Waals surface area contributed by atoms with Crippen molar-refractivity contribution in [3.8, 4) is 17.2 Å². The van der Waals surface area contributed by atoms with Crippen LogP contribution in [0, 0.1) is 17.2 Å². The van der Waals surface area contributed by atoms with Crippen LogP contribution in [0.15, 0.2) is 96.6 Å². The molecule has 0 radical (unpaired) electrons. The lowest BCUT2D eigenvalue weighted by molar-refractivity contribution is 0.349. The van der Waals surface area contributed by atoms with E-state index in [-0.39, 0.29) is 5.92 Å². The van der Waals surface area contributed by atoms with Crippen molar-refractivity contribution in [2.24, 2.45) is 5.92 Å². The maximum atomic E-state index is 9.74. The number of fused-ring (bicyclic) bond motifs is 1. The van der Waals surface area contributed by atoms with Crippen molar-refractivity contribution in [2.45, 2.75) is 98.8 Å². The van der Waals surface area contributed by atoms with Crippen LogP contribution in [0.25, 0.3) is 21.9 Å². The lowest BCUT2D eigenvalue weighted by Gasteiger charge is -2.18. The number of hydrogen-bond donors (Lipinski definition) is 0. The van der Waals surface area contributed by atoms with E-state index in [9.17, 15) is 5.26 Å². The minimum Gasteiger partial charge on any atom is -0.192 e. The molecule has 212 valence electrons. The summed E-state index contributed by atoms with van der Waals surface area (Å²) in [6, 6.07) is 23.3. The van der Waals surface area contributed by atoms with E-state index in [4.69, 9.17) is 0 Å². The van der Waals surface area contributed by atoms with Crippen molar-refractivity contribution < 1.29 is 0 Å². The van der Waals surface area contributed by atoms with Gasteiger partial charge in [0.2, 0.25) is 0 Å². The monoisotopic (exact) mass is 533 g/mol. The molecule has 0 aromatic heterocycles. The van der Waals surface area contributed by atoms with Crippen molar-refractivity contribution in [1.29, 1.82) is 5.26 Å². The summed E-state index contributed by atoms with van der Waals surface area (Å²) in [7, 11) is 0. The largest absolute Gasteiger partial charge is 0.192 e. The Morgan fingerprint density at radius 2 is 1.65 bits per heavy atom. The third kappa shape index (κ3) is 9.67. The average molecular weight is 534 g/mol. The van der Waals surface area contributed by atoms with E-state index in [2.05, 4.69) is 119 Å². The summed E-state index contributed by atoms with van der Waals surface area (Å²) in [6.07, 6.45) is 22.0. The van der Waals surface area contributed by atoms with Gasteiger partial charge in [0.1, 0.15) is 0 Å². The molecule has 3 aromatic carbocycles. The Labute approximate surface area is 245 Å². The van der Waals surface area contributed by atoms with Gasteiger partial charge in [0, 0.05) is 11.5 Å². The Kier molecular flexibility index (Phi) is 15.5. The van der Waals surface area contributed by atoms with Crippen LogP contribution in [0.2, 0.25) is 0 Å². The highest BCUT2D eigenvalue weighted by molar-refractivity contribution is 5.97. The third-order valence-corrected chi connectivity index (χ3v) is 7.87. The molecule has 1 aliphatic carbocycles. The molecule has 1 saturated carbocycles. The quantitative estimate of drug-likeness (QED) is 0.264. The van der Waals surface area contributed by atoms with E-state index in [1.807, 2.05) is 19.9 Å². The molecule has 0 N–H and O–H groups in total. The second-order valence-electron chi connectivity index (χ2n) is 10.4. The molecule has 3 aromatic rings. The smallest absolute Gasteiger partial charge is 0.0998 e. The van der Waals surface area contributed by atoms with E-state index in [0.29, 0.717) is 5.56 Å². The molecule has 4 rings (SSSR count). The number of nitriles is 1. The number of hydrogen-bond acceptors (Lipinski definition) is 1. The van der Waals surface area contributed by atoms with E-state index < -0.39 is 0 Å². The molecule has 0 bridgehead atoms. The van der Waals surface area contributed by atoms with Crippen LogP contribution in [0.5, 0.6) is 0 Å². The molecule has 1 heteroatoms. The zero-order chi connectivity index (χ0) is 29.2. The number of allylic oxidation sites excluding steroid dienone is 6. The molecule has 0 spiro atoms. The van der Waals surface area contributed by atoms with Gasteiger partial charge >= 0.3 is 0 Å². The molecule has 1 aliphatic rings. The van der Waals surface area contributed by atoms with E-state index in [1.54, 1.807) is 0 Å². The molecule has 0 heterocycles. The number of rotatable bonds is 8. The van der Waals surface area contributed by atoms with Gasteiger partial charge in [-0.3, -0.25) is 0 Å². The molecule has 40 heavy (non-hydrogen) atoms. The van der Waals surface area contributed by atoms with E-state index in [1.165, 1.54) is 66.9 Å². The van der Waals surface area contributed by atoms with Crippen LogP contribution in [-0.4, -0.2) is 0 Å². The average Bonchev–Trinajstić information content (AvgIpc) is 3.03. The summed E-state index contributed by atoms with van der Waals surface area (Å²) in [6.45, 7) is 12.8. The van der Waals surface area contributed by atoms with Crippen molar-refractivity contribution in [2.75, 3.05) is 0 Å². The first-order valence-electron chi connectivity index (χ1n) is 15.6. The highest BCUT2D eigenvalue weighted by atomic mass is 14.3. The molecule has 0 amide bonds. The van der Waals surface area contributed by atoms with Crippen LogP contribution < -0.4 is 0 Å². The highest BCUT2D eigenvalue weighted by Gasteiger charge is 2.14. The Balaban J connectivity index is 0.000000475. The molecule has 0 aliphatic heterocycles. The standard InChI is InChI=1S/C29H29N.C8H16.C2H6/c1-4-6-7-8-9-13-23(5-2)22(3)25-18-19-26(21-30)29(20-25)28-17-12-15-24-14-10-11-16-27(24)28;1-2-8-6-4-3-5-7-8;1-2/h5,7-20,22H,4,6H2,1-3H3;8H,2-7H2,1H3;1-2H3/b8-7+,13-9-,23-5+;;. The van der Waals surface area contributed by atoms with Crippen molar-refractivity contribution in [3.05, 3.63) is 108 Å². The fourth-order valence-electron chi connectivity index (χ4n) is 5.40. The van der Waals surface area contributed by atoms with Gasteiger partial charge in [-0.1, -0.05) is 158 Å². The first kappa shape index (κ1) is 32.8. The van der Waals surface area contributed by atoms with Crippen molar-refractivity contribution in [3.63, 3.8) is 0 Å². The van der Waals surface area contributed by atoms with Crippen LogP contribution in [0.3, 0.4) is 0 Å². The minimum absolute atomic E-state index is 0.243. The topological polar surface area (TPSA) is 23.8 Å². The van der Waals surface area contributed by atoms with Crippen LogP contribution in [0.1, 0.15) is 110 Å². The second-order valence-corrected chi connectivity index (χ2v) is 10.4. The van der Waals surface area contributed by atoms with Gasteiger partial charge in [-0.15, -0.1) is 0 Å². The second kappa shape index (κ2) is 18.8. The normalized spacial score (nSPS) is 14.8. The van der Waals surface area contributed by atoms with E-state index >= 15 is 0 Å². The van der Waals surface area contributed by atoms with Crippen molar-refractivity contribution in [1.82, 2.24) is 0 Å². The summed E-state index contributed by atoms with van der Waals surface area (Å²) in [5.74, 6) is 1.33. The molecular weight excluding hydrogens is 482 g/mol. The first-order chi connectivity index (χ1) is 19.6. The fraction of sp³-hybridized carbons (Fsp3) is 0.410. The zero-order valence-electron chi connectivity index (χ0n) is 25.9. The highest BCUT2D eigenvalue weighted by Crippen LogP contribution is 2.35. The molecule has 1 nitrogen and oxygen atoms in total. The Bertz CT molecular complexity index is 1270. The Hall–Kier alpha value is -3.37. The molecule has 1 atom stereocenters. The van der Waals surface area contributed by atoms with Crippen LogP contribution >= 0.6 is 0 Å². The number of benzene rings is 3. The van der Waals surface area contributed by atoms with Gasteiger partial charge in [-0.05, 0) is 58.9 Å². The van der Waals surface area contributed by atoms with Gasteiger partial charge in [-0.2, -0.15) is 5.26 Å². The number of nitrogens with zero attached hydrogens (tertiary/aromatic N) is 1. The number of unbranched alkanes of at least 4 members (excludes halogenated alkanes) is 1. The van der Waals surface area contributed by atoms with Gasteiger partial charge in [0.05, 0.1) is 11.6 Å². The maximum Gasteiger partial charge on any atom is 0.0998 e. The molecule has 1 fully saturated rings. The Morgan fingerprint density at radius 3 is 2.30 bits per heavy atom. The van der Waals surface area contributed by atoms with Gasteiger partial charge < -0.3 is 0 Å². The summed E-state index contributed by atoms with van der Waals surface area (Å²) >= 11 is 0. The summed E-state index contributed by atoms with van der Waals surface area (Å²) in [5, 5.41) is 12.1. The SMILES string of the molecule is CC.CCC1CCCCC1.C\C=C(/C=C\C=C\CCC)C(C)c1ccc(C#N)c(-c2cccc3ccccc23)c1. The van der Waals surface area contributed by atoms with Crippen LogP contribution in [0.4, 0.5) is 0 Å². The van der Waals surface area contributed by atoms with Gasteiger partial charge in [0.15, 0.2) is 0 Å². The first-order valence-corrected chi connectivity index (χ1v) is 15.6. The van der Waals surface area contributed by atoms with Crippen molar-refractivity contribution >= 4 is 10.8 Å². The minimum atomic E-state index is 0.243. The lowest BCUT2D eigenvalue weighted by atomic mass is 9.87. The van der Waals surface area contributed by atoms with Gasteiger partial charge in [0.25, 0.3) is 0 Å². The molecule has 0 saturated heterocycles. The summed E-state index contributed by atoms with van der Waals surface area (Å²) in [4.78, 5) is 0. The predicted octanol–water partition coefficient (Wildman–Crippen LogP) is 12.3.